The fourth-order valence-electron chi connectivity index (χ4n) is 8.00. The summed E-state index contributed by atoms with van der Waals surface area (Å²) in [6.07, 6.45) is 5.31. The third-order valence-corrected chi connectivity index (χ3v) is 11.3. The van der Waals surface area contributed by atoms with Gasteiger partial charge >= 0.3 is 11.9 Å². The van der Waals surface area contributed by atoms with Crippen LogP contribution in [0.15, 0.2) is 60.7 Å². The Morgan fingerprint density at radius 2 is 0.821 bits per heavy atom. The second-order valence-corrected chi connectivity index (χ2v) is 17.6. The van der Waals surface area contributed by atoms with E-state index in [0.29, 0.717) is 22.3 Å². The van der Waals surface area contributed by atoms with E-state index < -0.39 is 11.9 Å². The van der Waals surface area contributed by atoms with Crippen LogP contribution in [0.4, 0.5) is 11.4 Å². The molecule has 0 saturated heterocycles. The van der Waals surface area contributed by atoms with E-state index in [0.717, 1.165) is 70.4 Å². The van der Waals surface area contributed by atoms with E-state index in [4.69, 9.17) is 9.47 Å². The van der Waals surface area contributed by atoms with Crippen molar-refractivity contribution in [3.63, 3.8) is 0 Å². The molecule has 5 rings (SSSR count). The number of nitrogens with one attached hydrogen (secondary N) is 2. The second-order valence-electron chi connectivity index (χ2n) is 17.6. The number of esters is 2. The number of hydrogen-bond donors (Lipinski definition) is 2. The Balaban J connectivity index is 1.49. The predicted octanol–water partition coefficient (Wildman–Crippen LogP) is 10.8. The van der Waals surface area contributed by atoms with Gasteiger partial charge in [-0.25, -0.2) is 9.59 Å². The van der Waals surface area contributed by atoms with E-state index in [1.165, 1.54) is 31.8 Å². The van der Waals surface area contributed by atoms with Crippen LogP contribution in [-0.2, 0) is 25.7 Å². The number of methoxy groups -OCH3 is 2. The highest BCUT2D eigenvalue weighted by Gasteiger charge is 2.37. The van der Waals surface area contributed by atoms with Crippen LogP contribution >= 0.6 is 0 Å². The highest BCUT2D eigenvalue weighted by molar-refractivity contribution is 6.07. The molecular weight excluding hydrogens is 701 g/mol. The minimum absolute atomic E-state index is 0.249. The zero-order valence-corrected chi connectivity index (χ0v) is 35.3. The van der Waals surface area contributed by atoms with Crippen molar-refractivity contribution in [2.75, 3.05) is 24.9 Å². The minimum atomic E-state index is -0.486. The van der Waals surface area contributed by atoms with Crippen LogP contribution in [0.2, 0.25) is 0 Å². The van der Waals surface area contributed by atoms with E-state index in [1.807, 2.05) is 81.4 Å². The SMILES string of the molecule is COC(=O)c1cc(C(=O)Nc2c(C)cc(C3(c4cc(C)c(NC(=O)c5cc(C(=O)OC)cc(C(C)(C)C)c5)c(C)c4)CCCCC3)cc2C)cc(C(C)(C)C)c1. The molecule has 2 N–H and O–H groups in total. The standard InChI is InChI=1S/C48H58N2O6/c1-28-18-38(19-29(2)40(28)49-42(51)32-22-34(44(53)55-11)26-36(24-32)46(5,6)7)48(16-14-13-15-17-48)39-20-30(3)41(31(4)21-39)50-43(52)33-23-35(45(54)56-12)27-37(25-33)47(8,9)10/h18-27H,13-17H2,1-12H3,(H,49,51)(H,50,52). The summed E-state index contributed by atoms with van der Waals surface area (Å²) in [6.45, 7) is 20.4. The largest absolute Gasteiger partial charge is 0.465 e. The van der Waals surface area contributed by atoms with Gasteiger partial charge in [0.25, 0.3) is 11.8 Å². The maximum Gasteiger partial charge on any atom is 0.337 e. The molecule has 0 unspecified atom stereocenters. The van der Waals surface area contributed by atoms with Gasteiger partial charge in [0.1, 0.15) is 0 Å². The lowest BCUT2D eigenvalue weighted by molar-refractivity contribution is 0.0591. The van der Waals surface area contributed by atoms with Gasteiger partial charge < -0.3 is 20.1 Å². The monoisotopic (exact) mass is 758 g/mol. The molecule has 8 heteroatoms. The van der Waals surface area contributed by atoms with Crippen molar-refractivity contribution in [3.8, 4) is 0 Å². The van der Waals surface area contributed by atoms with Crippen LogP contribution in [0.1, 0.15) is 160 Å². The minimum Gasteiger partial charge on any atom is -0.465 e. The smallest absolute Gasteiger partial charge is 0.337 e. The first-order valence-electron chi connectivity index (χ1n) is 19.5. The van der Waals surface area contributed by atoms with Crippen molar-refractivity contribution in [3.05, 3.63) is 127 Å². The maximum atomic E-state index is 13.8. The Labute approximate surface area is 332 Å². The van der Waals surface area contributed by atoms with Crippen LogP contribution in [0.25, 0.3) is 0 Å². The van der Waals surface area contributed by atoms with Gasteiger partial charge in [0, 0.05) is 27.9 Å². The van der Waals surface area contributed by atoms with E-state index in [1.54, 1.807) is 24.3 Å². The topological polar surface area (TPSA) is 111 Å². The molecule has 0 atom stereocenters. The van der Waals surface area contributed by atoms with Gasteiger partial charge in [-0.2, -0.15) is 0 Å². The first-order valence-corrected chi connectivity index (χ1v) is 19.5. The van der Waals surface area contributed by atoms with Crippen LogP contribution in [-0.4, -0.2) is 38.0 Å². The number of carbonyl (C=O) groups excluding carboxylic acids is 4. The molecule has 0 radical (unpaired) electrons. The van der Waals surface area contributed by atoms with Crippen molar-refractivity contribution in [1.29, 1.82) is 0 Å². The van der Waals surface area contributed by atoms with Crippen molar-refractivity contribution >= 4 is 35.1 Å². The summed E-state index contributed by atoms with van der Waals surface area (Å²) in [4.78, 5) is 52.7. The Hall–Kier alpha value is -5.24. The molecule has 8 nitrogen and oxygen atoms in total. The third kappa shape index (κ3) is 8.75. The molecule has 0 bridgehead atoms. The molecule has 2 amide bonds. The van der Waals surface area contributed by atoms with Gasteiger partial charge in [0.05, 0.1) is 25.3 Å². The number of amides is 2. The van der Waals surface area contributed by atoms with E-state index in [-0.39, 0.29) is 28.1 Å². The second kappa shape index (κ2) is 16.1. The van der Waals surface area contributed by atoms with Gasteiger partial charge in [-0.05, 0) is 132 Å². The molecule has 4 aromatic carbocycles. The van der Waals surface area contributed by atoms with Gasteiger partial charge in [0.15, 0.2) is 0 Å². The average molecular weight is 759 g/mol. The lowest BCUT2D eigenvalue weighted by atomic mass is 9.64. The molecule has 1 aliphatic rings. The molecule has 1 fully saturated rings. The fourth-order valence-corrected chi connectivity index (χ4v) is 8.00. The van der Waals surface area contributed by atoms with Crippen LogP contribution in [0.3, 0.4) is 0 Å². The van der Waals surface area contributed by atoms with E-state index in [9.17, 15) is 19.2 Å². The molecule has 56 heavy (non-hydrogen) atoms. The van der Waals surface area contributed by atoms with Crippen molar-refractivity contribution in [2.24, 2.45) is 0 Å². The van der Waals surface area contributed by atoms with Crippen LogP contribution in [0, 0.1) is 27.7 Å². The number of anilines is 2. The van der Waals surface area contributed by atoms with Gasteiger partial charge in [0.2, 0.25) is 0 Å². The van der Waals surface area contributed by atoms with Crippen molar-refractivity contribution in [1.82, 2.24) is 0 Å². The summed E-state index contributed by atoms with van der Waals surface area (Å²) in [5.41, 5.74) is 10.1. The normalized spacial score (nSPS) is 14.1. The fraction of sp³-hybridized carbons (Fsp3) is 0.417. The summed E-state index contributed by atoms with van der Waals surface area (Å²) in [7, 11) is 2.68. The molecule has 0 aliphatic heterocycles. The summed E-state index contributed by atoms with van der Waals surface area (Å²) in [5.74, 6) is -1.55. The van der Waals surface area contributed by atoms with E-state index in [2.05, 4.69) is 34.9 Å². The molecule has 0 aromatic heterocycles. The first kappa shape index (κ1) is 41.9. The number of hydrogen-bond acceptors (Lipinski definition) is 6. The summed E-state index contributed by atoms with van der Waals surface area (Å²) < 4.78 is 9.99. The van der Waals surface area contributed by atoms with E-state index >= 15 is 0 Å². The zero-order valence-electron chi connectivity index (χ0n) is 35.3. The van der Waals surface area contributed by atoms with Gasteiger partial charge in [-0.15, -0.1) is 0 Å². The molecule has 4 aromatic rings. The number of ether oxygens (including phenoxy) is 2. The Kier molecular flexibility index (Phi) is 12.0. The van der Waals surface area contributed by atoms with Crippen LogP contribution < -0.4 is 10.6 Å². The van der Waals surface area contributed by atoms with Crippen molar-refractivity contribution in [2.45, 2.75) is 118 Å². The molecular formula is C48H58N2O6. The number of carbonyl (C=O) groups is 4. The zero-order chi connectivity index (χ0) is 41.3. The first-order chi connectivity index (χ1) is 26.2. The lowest BCUT2D eigenvalue weighted by Crippen LogP contribution is -2.31. The molecule has 0 spiro atoms. The predicted molar refractivity (Wildman–Crippen MR) is 225 cm³/mol. The van der Waals surface area contributed by atoms with Crippen LogP contribution in [0.5, 0.6) is 0 Å². The lowest BCUT2D eigenvalue weighted by Gasteiger charge is -2.40. The Morgan fingerprint density at radius 3 is 1.12 bits per heavy atom. The summed E-state index contributed by atoms with van der Waals surface area (Å²) in [6, 6.07) is 19.3. The number of rotatable bonds is 8. The number of aryl methyl sites for hydroxylation is 4. The highest BCUT2D eigenvalue weighted by atomic mass is 16.5. The quantitative estimate of drug-likeness (QED) is 0.173. The number of benzene rings is 4. The highest BCUT2D eigenvalue weighted by Crippen LogP contribution is 2.47. The van der Waals surface area contributed by atoms with Gasteiger partial charge in [-0.3, -0.25) is 9.59 Å². The van der Waals surface area contributed by atoms with Gasteiger partial charge in [-0.1, -0.05) is 85.1 Å². The molecule has 1 aliphatic carbocycles. The third-order valence-electron chi connectivity index (χ3n) is 11.3. The van der Waals surface area contributed by atoms with Crippen molar-refractivity contribution < 1.29 is 28.7 Å². The molecule has 1 saturated carbocycles. The Bertz CT molecular complexity index is 2000. The Morgan fingerprint density at radius 1 is 0.500 bits per heavy atom. The maximum absolute atomic E-state index is 13.8. The summed E-state index contributed by atoms with van der Waals surface area (Å²) in [5, 5.41) is 6.33. The summed E-state index contributed by atoms with van der Waals surface area (Å²) >= 11 is 0. The average Bonchev–Trinajstić information content (AvgIpc) is 3.15. The molecule has 0 heterocycles. The molecule has 296 valence electrons.